The predicted molar refractivity (Wildman–Crippen MR) is 72.6 cm³/mol. The van der Waals surface area contributed by atoms with Crippen molar-refractivity contribution in [1.82, 2.24) is 4.90 Å². The van der Waals surface area contributed by atoms with Crippen LogP contribution in [0.25, 0.3) is 0 Å². The first kappa shape index (κ1) is 14.5. The smallest absolute Gasteiger partial charge is 0.372 e. The van der Waals surface area contributed by atoms with Gasteiger partial charge in [-0.1, -0.05) is 11.8 Å². The van der Waals surface area contributed by atoms with Gasteiger partial charge in [0.2, 0.25) is 0 Å². The minimum absolute atomic E-state index is 0.169. The Morgan fingerprint density at radius 2 is 1.72 bits per heavy atom. The van der Waals surface area contributed by atoms with Crippen LogP contribution in [0.15, 0.2) is 0 Å². The van der Waals surface area contributed by atoms with E-state index in [1.54, 1.807) is 6.92 Å². The number of carbonyl (C=O) groups excluding carboxylic acids is 1. The van der Waals surface area contributed by atoms with Gasteiger partial charge in [-0.25, -0.2) is 0 Å². The molecule has 3 aliphatic heterocycles. The maximum absolute atomic E-state index is 10.9. The molecule has 3 aliphatic rings. The highest BCUT2D eigenvalue weighted by molar-refractivity contribution is 8.13. The largest absolute Gasteiger partial charge is 0.501 e. The summed E-state index contributed by atoms with van der Waals surface area (Å²) < 4.78 is 17.7. The lowest BCUT2D eigenvalue weighted by atomic mass is 10.4. The van der Waals surface area contributed by atoms with Gasteiger partial charge in [0.15, 0.2) is 5.12 Å². The van der Waals surface area contributed by atoms with Crippen LogP contribution >= 0.6 is 11.8 Å². The molecule has 18 heavy (non-hydrogen) atoms. The molecular formula is C11H21NO4SSi. The van der Waals surface area contributed by atoms with Crippen molar-refractivity contribution in [2.75, 3.05) is 45.2 Å². The average molecular weight is 291 g/mol. The summed E-state index contributed by atoms with van der Waals surface area (Å²) in [6, 6.07) is 0.827. The topological polar surface area (TPSA) is 48.0 Å². The molecule has 2 bridgehead atoms. The van der Waals surface area contributed by atoms with Gasteiger partial charge in [-0.3, -0.25) is 9.69 Å². The molecule has 0 aromatic heterocycles. The van der Waals surface area contributed by atoms with Crippen LogP contribution in [0.3, 0.4) is 0 Å². The van der Waals surface area contributed by atoms with E-state index in [0.29, 0.717) is 19.8 Å². The van der Waals surface area contributed by atoms with Crippen LogP contribution in [0, 0.1) is 0 Å². The standard InChI is InChI=1S/C11H21NO4SSi/c1-11(13)17-9-2-10-18-14-6-3-12(4-7-15-18)5-8-16-18/h2-10H2,1H3. The lowest BCUT2D eigenvalue weighted by molar-refractivity contribution is -0.109. The molecule has 0 aromatic carbocycles. The van der Waals surface area contributed by atoms with Crippen molar-refractivity contribution < 1.29 is 18.1 Å². The molecule has 104 valence electrons. The number of thioether (sulfide) groups is 1. The van der Waals surface area contributed by atoms with Crippen LogP contribution in [0.5, 0.6) is 0 Å². The molecule has 5 nitrogen and oxygen atoms in total. The Kier molecular flexibility index (Phi) is 5.65. The van der Waals surface area contributed by atoms with Crippen molar-refractivity contribution in [2.45, 2.75) is 19.4 Å². The fourth-order valence-electron chi connectivity index (χ4n) is 2.17. The first-order valence-corrected chi connectivity index (χ1v) is 9.40. The molecule has 0 spiro atoms. The minimum Gasteiger partial charge on any atom is -0.372 e. The Morgan fingerprint density at radius 1 is 1.17 bits per heavy atom. The number of nitrogens with zero attached hydrogens (tertiary/aromatic N) is 1. The van der Waals surface area contributed by atoms with E-state index in [-0.39, 0.29) is 5.12 Å². The Morgan fingerprint density at radius 3 is 2.22 bits per heavy atom. The molecule has 0 atom stereocenters. The van der Waals surface area contributed by atoms with E-state index >= 15 is 0 Å². The second-order valence-corrected chi connectivity index (χ2v) is 8.52. The normalized spacial score (nSPS) is 32.6. The average Bonchev–Trinajstić information content (AvgIpc) is 2.24. The predicted octanol–water partition coefficient (Wildman–Crippen LogP) is 0.974. The van der Waals surface area contributed by atoms with E-state index in [1.165, 1.54) is 11.8 Å². The summed E-state index contributed by atoms with van der Waals surface area (Å²) >= 11 is 1.36. The maximum atomic E-state index is 10.9. The van der Waals surface area contributed by atoms with Crippen LogP contribution < -0.4 is 0 Å². The number of carbonyl (C=O) groups is 1. The lowest BCUT2D eigenvalue weighted by Crippen LogP contribution is -2.55. The van der Waals surface area contributed by atoms with Gasteiger partial charge in [-0.05, 0) is 6.42 Å². The second kappa shape index (κ2) is 7.02. The van der Waals surface area contributed by atoms with Gasteiger partial charge in [0, 0.05) is 38.4 Å². The first-order chi connectivity index (χ1) is 8.70. The fourth-order valence-corrected chi connectivity index (χ4v) is 5.50. The van der Waals surface area contributed by atoms with Crippen molar-refractivity contribution in [2.24, 2.45) is 0 Å². The van der Waals surface area contributed by atoms with E-state index in [4.69, 9.17) is 13.3 Å². The Balaban J connectivity index is 1.83. The molecule has 0 saturated carbocycles. The van der Waals surface area contributed by atoms with Crippen molar-refractivity contribution in [3.8, 4) is 0 Å². The lowest BCUT2D eigenvalue weighted by Gasteiger charge is -2.38. The van der Waals surface area contributed by atoms with E-state index < -0.39 is 8.80 Å². The zero-order valence-electron chi connectivity index (χ0n) is 10.9. The van der Waals surface area contributed by atoms with Gasteiger partial charge in [0.25, 0.3) is 0 Å². The molecule has 3 heterocycles. The number of rotatable bonds is 4. The molecule has 3 saturated heterocycles. The molecule has 0 N–H and O–H groups in total. The minimum atomic E-state index is -2.45. The number of hydrogen-bond donors (Lipinski definition) is 0. The van der Waals surface area contributed by atoms with Gasteiger partial charge >= 0.3 is 8.80 Å². The third-order valence-electron chi connectivity index (χ3n) is 3.12. The van der Waals surface area contributed by atoms with Crippen LogP contribution in [0.4, 0.5) is 0 Å². The molecule has 0 aromatic rings. The highest BCUT2D eigenvalue weighted by atomic mass is 32.2. The zero-order valence-corrected chi connectivity index (χ0v) is 12.7. The van der Waals surface area contributed by atoms with Crippen LogP contribution in [-0.4, -0.2) is 64.0 Å². The Labute approximate surface area is 114 Å². The monoisotopic (exact) mass is 291 g/mol. The van der Waals surface area contributed by atoms with Crippen LogP contribution in [0.1, 0.15) is 13.3 Å². The highest BCUT2D eigenvalue weighted by Crippen LogP contribution is 2.23. The van der Waals surface area contributed by atoms with E-state index in [2.05, 4.69) is 4.90 Å². The molecule has 3 rings (SSSR count). The summed E-state index contributed by atoms with van der Waals surface area (Å²) in [5.74, 6) is 0.826. The molecule has 0 amide bonds. The van der Waals surface area contributed by atoms with Gasteiger partial charge in [0.05, 0.1) is 19.8 Å². The second-order valence-electron chi connectivity index (χ2n) is 4.51. The number of fused-ring (bicyclic) bond motifs is 6. The Bertz CT molecular complexity index is 266. The number of hydrogen-bond acceptors (Lipinski definition) is 6. The molecule has 0 aliphatic carbocycles. The zero-order chi connectivity index (χ0) is 12.8. The summed E-state index contributed by atoms with van der Waals surface area (Å²) in [6.45, 7) is 6.63. The van der Waals surface area contributed by atoms with Crippen molar-refractivity contribution >= 4 is 25.7 Å². The quantitative estimate of drug-likeness (QED) is 0.568. The molecular weight excluding hydrogens is 270 g/mol. The van der Waals surface area contributed by atoms with Crippen LogP contribution in [-0.2, 0) is 18.1 Å². The van der Waals surface area contributed by atoms with Crippen molar-refractivity contribution in [1.29, 1.82) is 0 Å². The summed E-state index contributed by atoms with van der Waals surface area (Å²) in [7, 11) is -2.45. The third kappa shape index (κ3) is 4.32. The van der Waals surface area contributed by atoms with Gasteiger partial charge in [-0.2, -0.15) is 0 Å². The summed E-state index contributed by atoms with van der Waals surface area (Å²) in [6.07, 6.45) is 0.917. The fraction of sp³-hybridized carbons (Fsp3) is 0.909. The first-order valence-electron chi connectivity index (χ1n) is 6.48. The summed E-state index contributed by atoms with van der Waals surface area (Å²) in [4.78, 5) is 13.2. The van der Waals surface area contributed by atoms with Gasteiger partial charge < -0.3 is 13.3 Å². The van der Waals surface area contributed by atoms with Crippen LogP contribution in [0.2, 0.25) is 6.04 Å². The van der Waals surface area contributed by atoms with Crippen molar-refractivity contribution in [3.05, 3.63) is 0 Å². The van der Waals surface area contributed by atoms with E-state index in [1.807, 2.05) is 0 Å². The molecule has 3 fully saturated rings. The van der Waals surface area contributed by atoms with E-state index in [0.717, 1.165) is 37.9 Å². The van der Waals surface area contributed by atoms with E-state index in [9.17, 15) is 4.79 Å². The SMILES string of the molecule is CC(=O)SCCC[Si]12OCCN(CCO1)CCO2. The van der Waals surface area contributed by atoms with Crippen molar-refractivity contribution in [3.63, 3.8) is 0 Å². The van der Waals surface area contributed by atoms with Gasteiger partial charge in [-0.15, -0.1) is 0 Å². The Hall–Kier alpha value is 0.0769. The molecule has 0 unspecified atom stereocenters. The molecule has 7 heteroatoms. The highest BCUT2D eigenvalue weighted by Gasteiger charge is 2.43. The summed E-state index contributed by atoms with van der Waals surface area (Å²) in [5, 5.41) is 0.169. The maximum Gasteiger partial charge on any atom is 0.501 e. The molecule has 0 radical (unpaired) electrons. The third-order valence-corrected chi connectivity index (χ3v) is 6.92. The summed E-state index contributed by atoms with van der Waals surface area (Å²) in [5.41, 5.74) is 0. The van der Waals surface area contributed by atoms with Gasteiger partial charge in [0.1, 0.15) is 0 Å².